The van der Waals surface area contributed by atoms with Crippen molar-refractivity contribution in [3.8, 4) is 5.75 Å². The van der Waals surface area contributed by atoms with Gasteiger partial charge in [-0.1, -0.05) is 66.9 Å². The van der Waals surface area contributed by atoms with Gasteiger partial charge in [-0.15, -0.1) is 0 Å². The Balaban J connectivity index is 2.07. The molecule has 41 heavy (non-hydrogen) atoms. The maximum absolute atomic E-state index is 14.1. The molecule has 3 aromatic carbocycles. The number of nitrogens with one attached hydrogen (secondary N) is 1. The Hall–Kier alpha value is -3.27. The quantitative estimate of drug-likeness (QED) is 0.243. The number of sulfonamides is 1. The molecule has 0 aromatic heterocycles. The zero-order valence-electron chi connectivity index (χ0n) is 23.6. The van der Waals surface area contributed by atoms with Gasteiger partial charge in [-0.3, -0.25) is 13.9 Å². The average molecular weight is 621 g/mol. The van der Waals surface area contributed by atoms with Gasteiger partial charge < -0.3 is 15.0 Å². The van der Waals surface area contributed by atoms with E-state index in [-0.39, 0.29) is 28.8 Å². The molecular weight excluding hydrogens is 585 g/mol. The molecule has 0 radical (unpaired) electrons. The van der Waals surface area contributed by atoms with Crippen molar-refractivity contribution in [1.29, 1.82) is 0 Å². The zero-order chi connectivity index (χ0) is 30.2. The van der Waals surface area contributed by atoms with Crippen molar-refractivity contribution < 1.29 is 22.7 Å². The first-order chi connectivity index (χ1) is 19.5. The number of rotatable bonds is 13. The predicted octanol–water partition coefficient (Wildman–Crippen LogP) is 5.84. The highest BCUT2D eigenvalue weighted by Crippen LogP contribution is 2.34. The molecule has 0 spiro atoms. The molecule has 0 unspecified atom stereocenters. The van der Waals surface area contributed by atoms with Crippen LogP contribution in [0.5, 0.6) is 5.75 Å². The molecule has 0 saturated carbocycles. The van der Waals surface area contributed by atoms with E-state index < -0.39 is 28.5 Å². The van der Waals surface area contributed by atoms with Gasteiger partial charge in [-0.05, 0) is 67.8 Å². The van der Waals surface area contributed by atoms with Gasteiger partial charge in [0, 0.05) is 13.1 Å². The Labute approximate surface area is 252 Å². The minimum absolute atomic E-state index is 0.00225. The van der Waals surface area contributed by atoms with Crippen molar-refractivity contribution in [1.82, 2.24) is 10.2 Å². The van der Waals surface area contributed by atoms with E-state index in [4.69, 9.17) is 27.9 Å². The summed E-state index contributed by atoms with van der Waals surface area (Å²) in [6.07, 6.45) is 1.68. The van der Waals surface area contributed by atoms with Crippen molar-refractivity contribution in [3.05, 3.63) is 87.9 Å². The molecule has 3 rings (SSSR count). The van der Waals surface area contributed by atoms with Crippen LogP contribution in [0.2, 0.25) is 10.0 Å². The number of aryl methyl sites for hydroxylation is 1. The molecule has 0 heterocycles. The van der Waals surface area contributed by atoms with Crippen molar-refractivity contribution in [2.24, 2.45) is 0 Å². The zero-order valence-corrected chi connectivity index (χ0v) is 25.9. The molecule has 3 aromatic rings. The SMILES string of the molecule is CCCCNC(=O)[C@H](C)N(Cc1ccc(Cl)c(Cl)c1)C(=O)CN(c1cc(C)ccc1OC)S(=O)(=O)c1ccccc1. The van der Waals surface area contributed by atoms with Crippen molar-refractivity contribution in [2.75, 3.05) is 24.5 Å². The number of hydrogen-bond acceptors (Lipinski definition) is 5. The highest BCUT2D eigenvalue weighted by atomic mass is 35.5. The third-order valence-electron chi connectivity index (χ3n) is 6.55. The first kappa shape index (κ1) is 32.2. The van der Waals surface area contributed by atoms with E-state index in [1.54, 1.807) is 61.5 Å². The fourth-order valence-corrected chi connectivity index (χ4v) is 5.94. The van der Waals surface area contributed by atoms with Crippen molar-refractivity contribution >= 4 is 50.7 Å². The van der Waals surface area contributed by atoms with Crippen LogP contribution in [-0.2, 0) is 26.2 Å². The van der Waals surface area contributed by atoms with Crippen LogP contribution >= 0.6 is 23.2 Å². The summed E-state index contributed by atoms with van der Waals surface area (Å²) in [6.45, 7) is 5.32. The minimum Gasteiger partial charge on any atom is -0.495 e. The summed E-state index contributed by atoms with van der Waals surface area (Å²) < 4.78 is 34.5. The van der Waals surface area contributed by atoms with Gasteiger partial charge >= 0.3 is 0 Å². The Bertz CT molecular complexity index is 1470. The Morgan fingerprint density at radius 1 is 1.00 bits per heavy atom. The minimum atomic E-state index is -4.21. The second-order valence-electron chi connectivity index (χ2n) is 9.59. The summed E-state index contributed by atoms with van der Waals surface area (Å²) in [5.74, 6) is -0.654. The summed E-state index contributed by atoms with van der Waals surface area (Å²) in [7, 11) is -2.78. The number of methoxy groups -OCH3 is 1. The van der Waals surface area contributed by atoms with Crippen LogP contribution in [0.25, 0.3) is 0 Å². The van der Waals surface area contributed by atoms with E-state index in [1.807, 2.05) is 13.8 Å². The number of halogens is 2. The lowest BCUT2D eigenvalue weighted by atomic mass is 10.1. The fraction of sp³-hybridized carbons (Fsp3) is 0.333. The second-order valence-corrected chi connectivity index (χ2v) is 12.3. The predicted molar refractivity (Wildman–Crippen MR) is 163 cm³/mol. The second kappa shape index (κ2) is 14.6. The first-order valence-corrected chi connectivity index (χ1v) is 15.4. The Morgan fingerprint density at radius 2 is 1.71 bits per heavy atom. The molecule has 11 heteroatoms. The third kappa shape index (κ3) is 8.15. The monoisotopic (exact) mass is 619 g/mol. The number of benzene rings is 3. The number of hydrogen-bond donors (Lipinski definition) is 1. The summed E-state index contributed by atoms with van der Waals surface area (Å²) in [5, 5.41) is 3.51. The average Bonchev–Trinajstić information content (AvgIpc) is 2.96. The van der Waals surface area contributed by atoms with Crippen molar-refractivity contribution in [3.63, 3.8) is 0 Å². The van der Waals surface area contributed by atoms with Gasteiger partial charge in [0.25, 0.3) is 10.0 Å². The molecule has 220 valence electrons. The lowest BCUT2D eigenvalue weighted by Crippen LogP contribution is -2.51. The number of nitrogens with zero attached hydrogens (tertiary/aromatic N) is 2. The molecule has 0 aliphatic carbocycles. The van der Waals surface area contributed by atoms with Crippen LogP contribution in [0.4, 0.5) is 5.69 Å². The Morgan fingerprint density at radius 3 is 2.34 bits per heavy atom. The summed E-state index contributed by atoms with van der Waals surface area (Å²) in [4.78, 5) is 28.5. The van der Waals surface area contributed by atoms with Crippen LogP contribution in [0.3, 0.4) is 0 Å². The topological polar surface area (TPSA) is 96.0 Å². The number of unbranched alkanes of at least 4 members (excludes halogenated alkanes) is 1. The summed E-state index contributed by atoms with van der Waals surface area (Å²) >= 11 is 12.3. The molecular formula is C30H35Cl2N3O5S. The van der Waals surface area contributed by atoms with Crippen LogP contribution in [0, 0.1) is 6.92 Å². The standard InChI is InChI=1S/C30H35Cl2N3O5S/c1-5-6-16-33-30(37)22(3)34(19-23-13-14-25(31)26(32)18-23)29(36)20-35(27-17-21(2)12-15-28(27)40-4)41(38,39)24-10-8-7-9-11-24/h7-15,17-18,22H,5-6,16,19-20H2,1-4H3,(H,33,37)/t22-/m0/s1. The molecule has 2 amide bonds. The number of carbonyl (C=O) groups excluding carboxylic acids is 2. The molecule has 8 nitrogen and oxygen atoms in total. The smallest absolute Gasteiger partial charge is 0.264 e. The number of anilines is 1. The maximum atomic E-state index is 14.1. The molecule has 0 bridgehead atoms. The third-order valence-corrected chi connectivity index (χ3v) is 9.06. The van der Waals surface area contributed by atoms with Gasteiger partial charge in [-0.2, -0.15) is 0 Å². The van der Waals surface area contributed by atoms with Crippen LogP contribution in [0.15, 0.2) is 71.6 Å². The largest absolute Gasteiger partial charge is 0.495 e. The lowest BCUT2D eigenvalue weighted by molar-refractivity contribution is -0.139. The molecule has 1 atom stereocenters. The van der Waals surface area contributed by atoms with Crippen molar-refractivity contribution in [2.45, 2.75) is 51.1 Å². The number of ether oxygens (including phenoxy) is 1. The molecule has 0 saturated heterocycles. The van der Waals surface area contributed by atoms with Gasteiger partial charge in [0.15, 0.2) is 0 Å². The van der Waals surface area contributed by atoms with E-state index >= 15 is 0 Å². The fourth-order valence-electron chi connectivity index (χ4n) is 4.18. The Kier molecular flexibility index (Phi) is 11.5. The normalized spacial score (nSPS) is 12.0. The first-order valence-electron chi connectivity index (χ1n) is 13.2. The maximum Gasteiger partial charge on any atom is 0.264 e. The highest BCUT2D eigenvalue weighted by molar-refractivity contribution is 7.92. The molecule has 0 aliphatic heterocycles. The van der Waals surface area contributed by atoms with Gasteiger partial charge in [-0.25, -0.2) is 8.42 Å². The number of amides is 2. The summed E-state index contributed by atoms with van der Waals surface area (Å²) in [5.41, 5.74) is 1.61. The van der Waals surface area contributed by atoms with E-state index in [2.05, 4.69) is 5.32 Å². The van der Waals surface area contributed by atoms with Gasteiger partial charge in [0.05, 0.1) is 27.7 Å². The summed E-state index contributed by atoms with van der Waals surface area (Å²) in [6, 6.07) is 17.0. The van der Waals surface area contributed by atoms with Gasteiger partial charge in [0.1, 0.15) is 18.3 Å². The van der Waals surface area contributed by atoms with Crippen LogP contribution in [-0.4, -0.2) is 51.4 Å². The molecule has 1 N–H and O–H groups in total. The lowest BCUT2D eigenvalue weighted by Gasteiger charge is -2.32. The number of carbonyl (C=O) groups is 2. The van der Waals surface area contributed by atoms with E-state index in [0.29, 0.717) is 22.2 Å². The van der Waals surface area contributed by atoms with Crippen LogP contribution < -0.4 is 14.4 Å². The molecule has 0 aliphatic rings. The molecule has 0 fully saturated rings. The van der Waals surface area contributed by atoms with E-state index in [9.17, 15) is 18.0 Å². The van der Waals surface area contributed by atoms with E-state index in [0.717, 1.165) is 22.7 Å². The highest BCUT2D eigenvalue weighted by Gasteiger charge is 2.33. The van der Waals surface area contributed by atoms with Gasteiger partial charge in [0.2, 0.25) is 11.8 Å². The van der Waals surface area contributed by atoms with E-state index in [1.165, 1.54) is 24.1 Å². The van der Waals surface area contributed by atoms with Crippen LogP contribution in [0.1, 0.15) is 37.8 Å².